The second-order valence-corrected chi connectivity index (χ2v) is 6.33. The van der Waals surface area contributed by atoms with Gasteiger partial charge in [-0.15, -0.1) is 0 Å². The van der Waals surface area contributed by atoms with E-state index in [1.54, 1.807) is 18.2 Å². The van der Waals surface area contributed by atoms with E-state index in [1.165, 1.54) is 6.07 Å². The second kappa shape index (κ2) is 4.07. The summed E-state index contributed by atoms with van der Waals surface area (Å²) in [6.07, 6.45) is 1.39. The van der Waals surface area contributed by atoms with Gasteiger partial charge in [-0.1, -0.05) is 12.1 Å². The van der Waals surface area contributed by atoms with E-state index in [0.717, 1.165) is 6.42 Å². The third-order valence-electron chi connectivity index (χ3n) is 3.43. The zero-order chi connectivity index (χ0) is 13.6. The highest BCUT2D eigenvalue weighted by molar-refractivity contribution is 7.96. The molecule has 1 fully saturated rings. The van der Waals surface area contributed by atoms with Gasteiger partial charge in [0.05, 0.1) is 10.6 Å². The van der Waals surface area contributed by atoms with Crippen molar-refractivity contribution in [2.45, 2.75) is 17.7 Å². The summed E-state index contributed by atoms with van der Waals surface area (Å²) in [6, 6.07) is 6.71. The maximum atomic E-state index is 12.5. The van der Waals surface area contributed by atoms with Crippen LogP contribution in [0, 0.1) is 0 Å². The molecule has 0 saturated carbocycles. The van der Waals surface area contributed by atoms with Crippen LogP contribution in [-0.2, 0) is 14.6 Å². The zero-order valence-electron chi connectivity index (χ0n) is 10.1. The van der Waals surface area contributed by atoms with Gasteiger partial charge in [0.1, 0.15) is 0 Å². The molecule has 0 bridgehead atoms. The quantitative estimate of drug-likeness (QED) is 0.437. The molecule has 1 aromatic carbocycles. The number of nitrogens with two attached hydrogens (primary N) is 1. The molecule has 7 heteroatoms. The summed E-state index contributed by atoms with van der Waals surface area (Å²) in [5.41, 5.74) is 3.12. The first-order valence-electron chi connectivity index (χ1n) is 5.93. The van der Waals surface area contributed by atoms with Crippen LogP contribution >= 0.6 is 0 Å². The molecule has 0 spiro atoms. The van der Waals surface area contributed by atoms with Crippen molar-refractivity contribution in [3.63, 3.8) is 0 Å². The normalized spacial score (nSPS) is 19.9. The Kier molecular flexibility index (Phi) is 2.61. The predicted octanol–water partition coefficient (Wildman–Crippen LogP) is 0.276. The Morgan fingerprint density at radius 3 is 2.79 bits per heavy atom. The SMILES string of the molecule is NNC(=O)C1=C2CCCN2c2ccccc2S1(=O)=O. The molecule has 0 radical (unpaired) electrons. The summed E-state index contributed by atoms with van der Waals surface area (Å²) < 4.78 is 25.1. The minimum atomic E-state index is -3.80. The molecule has 0 aliphatic carbocycles. The number of hydrogen-bond donors (Lipinski definition) is 2. The van der Waals surface area contributed by atoms with Crippen LogP contribution in [0.4, 0.5) is 5.69 Å². The molecule has 3 N–H and O–H groups in total. The van der Waals surface area contributed by atoms with Crippen molar-refractivity contribution >= 4 is 21.4 Å². The van der Waals surface area contributed by atoms with Gasteiger partial charge in [-0.3, -0.25) is 10.2 Å². The number of carbonyl (C=O) groups is 1. The number of rotatable bonds is 1. The van der Waals surface area contributed by atoms with Gasteiger partial charge in [0.25, 0.3) is 5.91 Å². The van der Waals surface area contributed by atoms with Crippen LogP contribution in [-0.4, -0.2) is 20.9 Å². The van der Waals surface area contributed by atoms with E-state index in [2.05, 4.69) is 0 Å². The van der Waals surface area contributed by atoms with Crippen molar-refractivity contribution in [2.24, 2.45) is 5.84 Å². The fourth-order valence-corrected chi connectivity index (χ4v) is 4.42. The Labute approximate surface area is 110 Å². The monoisotopic (exact) mass is 279 g/mol. The third-order valence-corrected chi connectivity index (χ3v) is 5.32. The van der Waals surface area contributed by atoms with Gasteiger partial charge < -0.3 is 4.90 Å². The van der Waals surface area contributed by atoms with Crippen molar-refractivity contribution in [2.75, 3.05) is 11.4 Å². The minimum absolute atomic E-state index is 0.166. The maximum Gasteiger partial charge on any atom is 0.278 e. The first kappa shape index (κ1) is 12.2. The molecular weight excluding hydrogens is 266 g/mol. The molecule has 2 aliphatic heterocycles. The Morgan fingerprint density at radius 1 is 1.32 bits per heavy atom. The van der Waals surface area contributed by atoms with Gasteiger partial charge in [-0.25, -0.2) is 14.3 Å². The molecule has 1 aromatic rings. The number of carbonyl (C=O) groups excluding carboxylic acids is 1. The number of anilines is 1. The van der Waals surface area contributed by atoms with E-state index in [-0.39, 0.29) is 9.80 Å². The van der Waals surface area contributed by atoms with Crippen LogP contribution in [0.3, 0.4) is 0 Å². The molecule has 0 atom stereocenters. The number of benzene rings is 1. The zero-order valence-corrected chi connectivity index (χ0v) is 10.9. The van der Waals surface area contributed by atoms with Gasteiger partial charge in [0.15, 0.2) is 4.91 Å². The van der Waals surface area contributed by atoms with Gasteiger partial charge in [-0.05, 0) is 25.0 Å². The summed E-state index contributed by atoms with van der Waals surface area (Å²) in [6.45, 7) is 0.712. The molecule has 3 rings (SSSR count). The Balaban J connectivity index is 2.33. The summed E-state index contributed by atoms with van der Waals surface area (Å²) in [4.78, 5) is 13.7. The van der Waals surface area contributed by atoms with E-state index in [0.29, 0.717) is 24.4 Å². The Hall–Kier alpha value is -1.86. The minimum Gasteiger partial charge on any atom is -0.343 e. The summed E-state index contributed by atoms with van der Waals surface area (Å²) in [7, 11) is -3.80. The summed E-state index contributed by atoms with van der Waals surface area (Å²) >= 11 is 0. The predicted molar refractivity (Wildman–Crippen MR) is 69.6 cm³/mol. The van der Waals surface area contributed by atoms with Crippen LogP contribution in [0.25, 0.3) is 0 Å². The number of allylic oxidation sites excluding steroid dienone is 1. The number of sulfone groups is 1. The molecule has 2 aliphatic rings. The molecule has 6 nitrogen and oxygen atoms in total. The Bertz CT molecular complexity index is 694. The van der Waals surface area contributed by atoms with E-state index < -0.39 is 15.7 Å². The van der Waals surface area contributed by atoms with Crippen LogP contribution < -0.4 is 16.2 Å². The highest BCUT2D eigenvalue weighted by Gasteiger charge is 2.41. The van der Waals surface area contributed by atoms with Crippen molar-refractivity contribution in [3.05, 3.63) is 34.9 Å². The fourth-order valence-electron chi connectivity index (χ4n) is 2.67. The Morgan fingerprint density at radius 2 is 2.05 bits per heavy atom. The largest absolute Gasteiger partial charge is 0.343 e. The summed E-state index contributed by atoms with van der Waals surface area (Å²) in [5, 5.41) is 0. The van der Waals surface area contributed by atoms with Crippen molar-refractivity contribution in [1.82, 2.24) is 5.43 Å². The molecule has 0 aromatic heterocycles. The van der Waals surface area contributed by atoms with Crippen LogP contribution in [0.1, 0.15) is 12.8 Å². The summed E-state index contributed by atoms with van der Waals surface area (Å²) in [5.74, 6) is 4.36. The first-order chi connectivity index (χ1) is 9.07. The van der Waals surface area contributed by atoms with Crippen LogP contribution in [0.2, 0.25) is 0 Å². The van der Waals surface area contributed by atoms with E-state index in [4.69, 9.17) is 5.84 Å². The van der Waals surface area contributed by atoms with Crippen molar-refractivity contribution in [1.29, 1.82) is 0 Å². The first-order valence-corrected chi connectivity index (χ1v) is 7.41. The van der Waals surface area contributed by atoms with E-state index in [9.17, 15) is 13.2 Å². The number of hydrogen-bond acceptors (Lipinski definition) is 5. The molecule has 0 unspecified atom stereocenters. The lowest BCUT2D eigenvalue weighted by atomic mass is 10.2. The highest BCUT2D eigenvalue weighted by atomic mass is 32.2. The molecular formula is C12H13N3O3S. The highest BCUT2D eigenvalue weighted by Crippen LogP contribution is 2.42. The topological polar surface area (TPSA) is 92.5 Å². The number of fused-ring (bicyclic) bond motifs is 3. The average Bonchev–Trinajstić information content (AvgIpc) is 2.87. The number of hydrazine groups is 1. The standard InChI is InChI=1S/C12H13N3O3S/c13-14-12(16)11-9-5-3-7-15(9)8-4-1-2-6-10(8)19(11,17)18/h1-2,4,6H,3,5,7,13H2,(H,14,16). The molecule has 1 saturated heterocycles. The molecule has 2 heterocycles. The molecule has 100 valence electrons. The van der Waals surface area contributed by atoms with Gasteiger partial charge in [0.2, 0.25) is 9.84 Å². The number of amides is 1. The second-order valence-electron chi connectivity index (χ2n) is 4.48. The lowest BCUT2D eigenvalue weighted by Crippen LogP contribution is -2.38. The molecule has 19 heavy (non-hydrogen) atoms. The fraction of sp³-hybridized carbons (Fsp3) is 0.250. The lowest BCUT2D eigenvalue weighted by Gasteiger charge is -2.29. The smallest absolute Gasteiger partial charge is 0.278 e. The van der Waals surface area contributed by atoms with Crippen molar-refractivity contribution in [3.8, 4) is 0 Å². The number of para-hydroxylation sites is 1. The molecule has 1 amide bonds. The van der Waals surface area contributed by atoms with Crippen LogP contribution in [0.15, 0.2) is 39.8 Å². The van der Waals surface area contributed by atoms with Gasteiger partial charge in [-0.2, -0.15) is 0 Å². The maximum absolute atomic E-state index is 12.5. The lowest BCUT2D eigenvalue weighted by molar-refractivity contribution is -0.117. The van der Waals surface area contributed by atoms with E-state index >= 15 is 0 Å². The number of nitrogens with one attached hydrogen (secondary N) is 1. The van der Waals surface area contributed by atoms with Gasteiger partial charge in [0, 0.05) is 12.2 Å². The van der Waals surface area contributed by atoms with Crippen molar-refractivity contribution < 1.29 is 13.2 Å². The van der Waals surface area contributed by atoms with E-state index in [1.807, 2.05) is 10.3 Å². The van der Waals surface area contributed by atoms with Gasteiger partial charge >= 0.3 is 0 Å². The average molecular weight is 279 g/mol. The third kappa shape index (κ3) is 1.58. The van der Waals surface area contributed by atoms with Crippen LogP contribution in [0.5, 0.6) is 0 Å². The number of nitrogens with zero attached hydrogens (tertiary/aromatic N) is 1.